The summed E-state index contributed by atoms with van der Waals surface area (Å²) in [7, 11) is 0. The SMILES string of the molecule is Fc1c(Cl)cccc1CCc1ccc(Cc2c[nH]c3ncccc23)cn1. The molecule has 0 radical (unpaired) electrons. The summed E-state index contributed by atoms with van der Waals surface area (Å²) < 4.78 is 13.9. The summed E-state index contributed by atoms with van der Waals surface area (Å²) in [6.45, 7) is 0. The number of hydrogen-bond donors (Lipinski definition) is 1. The van der Waals surface area contributed by atoms with Gasteiger partial charge in [0.2, 0.25) is 0 Å². The smallest absolute Gasteiger partial charge is 0.144 e. The molecule has 0 saturated heterocycles. The molecule has 26 heavy (non-hydrogen) atoms. The molecule has 1 N–H and O–H groups in total. The van der Waals surface area contributed by atoms with Crippen molar-refractivity contribution in [2.45, 2.75) is 19.3 Å². The molecule has 0 unspecified atom stereocenters. The third-order valence-corrected chi connectivity index (χ3v) is 4.79. The number of fused-ring (bicyclic) bond motifs is 1. The van der Waals surface area contributed by atoms with Crippen molar-refractivity contribution in [1.82, 2.24) is 15.0 Å². The van der Waals surface area contributed by atoms with E-state index in [1.807, 2.05) is 24.5 Å². The number of hydrogen-bond acceptors (Lipinski definition) is 2. The van der Waals surface area contributed by atoms with Gasteiger partial charge in [-0.2, -0.15) is 0 Å². The highest BCUT2D eigenvalue weighted by atomic mass is 35.5. The summed E-state index contributed by atoms with van der Waals surface area (Å²) in [5.74, 6) is -0.335. The number of H-pyrrole nitrogens is 1. The van der Waals surface area contributed by atoms with Gasteiger partial charge in [-0.25, -0.2) is 9.37 Å². The molecule has 4 rings (SSSR count). The second-order valence-electron chi connectivity index (χ2n) is 6.26. The van der Waals surface area contributed by atoms with Gasteiger partial charge in [0, 0.05) is 36.1 Å². The van der Waals surface area contributed by atoms with Crippen molar-refractivity contribution in [3.8, 4) is 0 Å². The molecule has 0 spiro atoms. The van der Waals surface area contributed by atoms with E-state index in [2.05, 4.69) is 27.1 Å². The highest BCUT2D eigenvalue weighted by Crippen LogP contribution is 2.21. The van der Waals surface area contributed by atoms with Crippen LogP contribution in [0.3, 0.4) is 0 Å². The first-order chi connectivity index (χ1) is 12.7. The Hall–Kier alpha value is -2.72. The molecule has 0 atom stereocenters. The maximum Gasteiger partial charge on any atom is 0.144 e. The normalized spacial score (nSPS) is 11.2. The zero-order valence-corrected chi connectivity index (χ0v) is 14.8. The van der Waals surface area contributed by atoms with Crippen molar-refractivity contribution in [2.75, 3.05) is 0 Å². The Labute approximate surface area is 155 Å². The Kier molecular flexibility index (Phi) is 4.67. The number of benzene rings is 1. The molecule has 0 saturated carbocycles. The van der Waals surface area contributed by atoms with E-state index in [0.29, 0.717) is 18.4 Å². The summed E-state index contributed by atoms with van der Waals surface area (Å²) in [6.07, 6.45) is 7.71. The van der Waals surface area contributed by atoms with Gasteiger partial charge >= 0.3 is 0 Å². The molecular weight excluding hydrogens is 349 g/mol. The van der Waals surface area contributed by atoms with Crippen LogP contribution in [-0.4, -0.2) is 15.0 Å². The number of aromatic nitrogens is 3. The van der Waals surface area contributed by atoms with Crippen LogP contribution in [0.2, 0.25) is 5.02 Å². The molecule has 0 aliphatic heterocycles. The van der Waals surface area contributed by atoms with Crippen LogP contribution in [-0.2, 0) is 19.3 Å². The molecule has 4 aromatic rings. The van der Waals surface area contributed by atoms with Crippen LogP contribution in [0, 0.1) is 5.82 Å². The number of nitrogens with zero attached hydrogens (tertiary/aromatic N) is 2. The molecule has 130 valence electrons. The van der Waals surface area contributed by atoms with E-state index in [9.17, 15) is 4.39 Å². The minimum atomic E-state index is -0.335. The van der Waals surface area contributed by atoms with Crippen LogP contribution < -0.4 is 0 Å². The Bertz CT molecular complexity index is 1040. The first kappa shape index (κ1) is 16.7. The molecule has 0 aliphatic carbocycles. The van der Waals surface area contributed by atoms with E-state index in [4.69, 9.17) is 11.6 Å². The zero-order valence-electron chi connectivity index (χ0n) is 14.0. The topological polar surface area (TPSA) is 41.6 Å². The van der Waals surface area contributed by atoms with Crippen LogP contribution in [0.1, 0.15) is 22.4 Å². The number of halogens is 2. The van der Waals surface area contributed by atoms with Crippen LogP contribution in [0.4, 0.5) is 4.39 Å². The highest BCUT2D eigenvalue weighted by molar-refractivity contribution is 6.30. The van der Waals surface area contributed by atoms with Gasteiger partial charge in [0.25, 0.3) is 0 Å². The average molecular weight is 366 g/mol. The number of nitrogens with one attached hydrogen (secondary N) is 1. The van der Waals surface area contributed by atoms with Crippen LogP contribution in [0.25, 0.3) is 11.0 Å². The second kappa shape index (κ2) is 7.26. The van der Waals surface area contributed by atoms with Gasteiger partial charge in [-0.3, -0.25) is 4.98 Å². The lowest BCUT2D eigenvalue weighted by Gasteiger charge is -2.06. The van der Waals surface area contributed by atoms with Crippen molar-refractivity contribution in [3.05, 3.63) is 94.3 Å². The molecule has 0 aliphatic rings. The number of pyridine rings is 2. The molecule has 3 aromatic heterocycles. The number of rotatable bonds is 5. The number of aromatic amines is 1. The minimum absolute atomic E-state index is 0.166. The Balaban J connectivity index is 1.44. The molecule has 1 aromatic carbocycles. The van der Waals surface area contributed by atoms with Gasteiger partial charge in [-0.05, 0) is 53.8 Å². The van der Waals surface area contributed by atoms with Gasteiger partial charge in [0.1, 0.15) is 11.5 Å². The third kappa shape index (κ3) is 3.46. The van der Waals surface area contributed by atoms with Crippen molar-refractivity contribution < 1.29 is 4.39 Å². The predicted molar refractivity (Wildman–Crippen MR) is 102 cm³/mol. The first-order valence-electron chi connectivity index (χ1n) is 8.48. The maximum atomic E-state index is 13.9. The van der Waals surface area contributed by atoms with Crippen LogP contribution in [0.15, 0.2) is 61.1 Å². The van der Waals surface area contributed by atoms with Crippen molar-refractivity contribution >= 4 is 22.6 Å². The fourth-order valence-electron chi connectivity index (χ4n) is 3.09. The summed E-state index contributed by atoms with van der Waals surface area (Å²) in [4.78, 5) is 12.0. The lowest BCUT2D eigenvalue weighted by atomic mass is 10.0. The van der Waals surface area contributed by atoms with E-state index in [1.165, 1.54) is 5.56 Å². The van der Waals surface area contributed by atoms with Gasteiger partial charge in [-0.1, -0.05) is 29.8 Å². The van der Waals surface area contributed by atoms with E-state index in [0.717, 1.165) is 28.7 Å². The molecule has 5 heteroatoms. The Morgan fingerprint density at radius 3 is 2.73 bits per heavy atom. The van der Waals surface area contributed by atoms with Gasteiger partial charge in [0.05, 0.1) is 5.02 Å². The third-order valence-electron chi connectivity index (χ3n) is 4.50. The van der Waals surface area contributed by atoms with Gasteiger partial charge < -0.3 is 4.98 Å². The van der Waals surface area contributed by atoms with E-state index < -0.39 is 0 Å². The summed E-state index contributed by atoms with van der Waals surface area (Å²) in [5, 5.41) is 1.30. The average Bonchev–Trinajstić information content (AvgIpc) is 3.07. The summed E-state index contributed by atoms with van der Waals surface area (Å²) >= 11 is 5.83. The fourth-order valence-corrected chi connectivity index (χ4v) is 3.28. The lowest BCUT2D eigenvalue weighted by Crippen LogP contribution is -1.98. The standard InChI is InChI=1S/C21H17ClFN3/c22-19-5-1-3-15(20(19)23)7-9-17-8-6-14(12-25-17)11-16-13-26-21-18(16)4-2-10-24-21/h1-6,8,10,12-13H,7,9,11H2,(H,24,26). The zero-order chi connectivity index (χ0) is 17.9. The van der Waals surface area contributed by atoms with E-state index in [-0.39, 0.29) is 10.8 Å². The van der Waals surface area contributed by atoms with Crippen LogP contribution in [0.5, 0.6) is 0 Å². The lowest BCUT2D eigenvalue weighted by molar-refractivity contribution is 0.608. The molecular formula is C21H17ClFN3. The predicted octanol–water partition coefficient (Wildman–Crippen LogP) is 5.13. The number of aryl methyl sites for hydroxylation is 2. The molecule has 0 bridgehead atoms. The quantitative estimate of drug-likeness (QED) is 0.533. The molecule has 3 nitrogen and oxygen atoms in total. The highest BCUT2D eigenvalue weighted by Gasteiger charge is 2.08. The van der Waals surface area contributed by atoms with Crippen LogP contribution >= 0.6 is 11.6 Å². The largest absolute Gasteiger partial charge is 0.346 e. The molecule has 3 heterocycles. The molecule has 0 fully saturated rings. The second-order valence-corrected chi connectivity index (χ2v) is 6.67. The summed E-state index contributed by atoms with van der Waals surface area (Å²) in [5.41, 5.74) is 4.79. The van der Waals surface area contributed by atoms with Crippen molar-refractivity contribution in [2.24, 2.45) is 0 Å². The fraction of sp³-hybridized carbons (Fsp3) is 0.143. The minimum Gasteiger partial charge on any atom is -0.346 e. The van der Waals surface area contributed by atoms with Crippen molar-refractivity contribution in [1.29, 1.82) is 0 Å². The maximum absolute atomic E-state index is 13.9. The van der Waals surface area contributed by atoms with Gasteiger partial charge in [0.15, 0.2) is 0 Å². The van der Waals surface area contributed by atoms with Gasteiger partial charge in [-0.15, -0.1) is 0 Å². The Morgan fingerprint density at radius 1 is 0.962 bits per heavy atom. The van der Waals surface area contributed by atoms with Crippen molar-refractivity contribution in [3.63, 3.8) is 0 Å². The monoisotopic (exact) mass is 365 g/mol. The summed E-state index contributed by atoms with van der Waals surface area (Å²) in [6, 6.07) is 13.2. The van der Waals surface area contributed by atoms with E-state index >= 15 is 0 Å². The van der Waals surface area contributed by atoms with E-state index in [1.54, 1.807) is 24.4 Å². The Morgan fingerprint density at radius 2 is 1.88 bits per heavy atom. The first-order valence-corrected chi connectivity index (χ1v) is 8.86. The molecule has 0 amide bonds.